The molecule has 1 fully saturated rings. The Morgan fingerprint density at radius 3 is 3.16 bits per heavy atom. The maximum Gasteiger partial charge on any atom is 0.341 e. The molecule has 0 saturated carbocycles. The van der Waals surface area contributed by atoms with Gasteiger partial charge in [-0.1, -0.05) is 11.6 Å². The number of hydrogen-bond acceptors (Lipinski definition) is 6. The highest BCUT2D eigenvalue weighted by molar-refractivity contribution is 6.20. The second-order valence-corrected chi connectivity index (χ2v) is 4.50. The van der Waals surface area contributed by atoms with Crippen LogP contribution in [0.5, 0.6) is 0 Å². The first-order valence-electron chi connectivity index (χ1n) is 5.95. The molecule has 0 amide bonds. The lowest BCUT2D eigenvalue weighted by atomic mass is 10.1. The molecule has 1 unspecified atom stereocenters. The highest BCUT2D eigenvalue weighted by atomic mass is 35.5. The van der Waals surface area contributed by atoms with E-state index in [9.17, 15) is 9.90 Å². The van der Waals surface area contributed by atoms with Crippen LogP contribution in [0.3, 0.4) is 0 Å². The van der Waals surface area contributed by atoms with Crippen molar-refractivity contribution in [1.29, 1.82) is 0 Å². The number of carbonyl (C=O) groups excluding carboxylic acids is 1. The predicted octanol–water partition coefficient (Wildman–Crippen LogP) is 0.995. The van der Waals surface area contributed by atoms with Gasteiger partial charge in [0.1, 0.15) is 11.7 Å². The van der Waals surface area contributed by atoms with Crippen molar-refractivity contribution in [3.05, 3.63) is 24.0 Å². The van der Waals surface area contributed by atoms with E-state index in [0.717, 1.165) is 0 Å². The second-order valence-electron chi connectivity index (χ2n) is 4.07. The van der Waals surface area contributed by atoms with E-state index >= 15 is 0 Å². The zero-order valence-electron chi connectivity index (χ0n) is 10.4. The van der Waals surface area contributed by atoms with Gasteiger partial charge in [0.05, 0.1) is 24.9 Å². The standard InChI is InChI=1S/C12H15ClN2O4/c1-2-18-12(17)7-5-14-4-3-8(7)15-9-6-19-11(13)10(9)16/h3-5,9-11,16H,2,6H2,1H3,(H,14,15)/t9-,10+,11?/m1/s1. The molecule has 1 aromatic heterocycles. The van der Waals surface area contributed by atoms with Crippen molar-refractivity contribution in [2.45, 2.75) is 24.6 Å². The van der Waals surface area contributed by atoms with E-state index in [4.69, 9.17) is 21.1 Å². The van der Waals surface area contributed by atoms with E-state index in [-0.39, 0.29) is 19.3 Å². The van der Waals surface area contributed by atoms with Gasteiger partial charge in [-0.05, 0) is 13.0 Å². The number of anilines is 1. The van der Waals surface area contributed by atoms with Crippen molar-refractivity contribution in [2.24, 2.45) is 0 Å². The molecule has 3 atom stereocenters. The van der Waals surface area contributed by atoms with E-state index < -0.39 is 17.6 Å². The van der Waals surface area contributed by atoms with Crippen LogP contribution in [0.2, 0.25) is 0 Å². The first kappa shape index (κ1) is 14.0. The molecule has 1 saturated heterocycles. The van der Waals surface area contributed by atoms with Gasteiger partial charge in [0.15, 0.2) is 5.56 Å². The smallest absolute Gasteiger partial charge is 0.341 e. The first-order valence-corrected chi connectivity index (χ1v) is 6.38. The molecular weight excluding hydrogens is 272 g/mol. The molecule has 1 aliphatic heterocycles. The minimum Gasteiger partial charge on any atom is -0.462 e. The Labute approximate surface area is 115 Å². The third-order valence-electron chi connectivity index (χ3n) is 2.77. The lowest BCUT2D eigenvalue weighted by Crippen LogP contribution is -2.34. The fraction of sp³-hybridized carbons (Fsp3) is 0.500. The van der Waals surface area contributed by atoms with Gasteiger partial charge in [-0.3, -0.25) is 4.98 Å². The predicted molar refractivity (Wildman–Crippen MR) is 69.2 cm³/mol. The van der Waals surface area contributed by atoms with Gasteiger partial charge in [-0.25, -0.2) is 4.79 Å². The van der Waals surface area contributed by atoms with Crippen LogP contribution in [0.1, 0.15) is 17.3 Å². The first-order chi connectivity index (χ1) is 9.13. The number of rotatable bonds is 4. The van der Waals surface area contributed by atoms with Gasteiger partial charge in [0, 0.05) is 12.4 Å². The summed E-state index contributed by atoms with van der Waals surface area (Å²) in [5.74, 6) is -0.464. The zero-order valence-corrected chi connectivity index (χ0v) is 11.1. The molecule has 0 bridgehead atoms. The molecular formula is C12H15ClN2O4. The van der Waals surface area contributed by atoms with Crippen molar-refractivity contribution in [2.75, 3.05) is 18.5 Å². The highest BCUT2D eigenvalue weighted by Gasteiger charge is 2.35. The van der Waals surface area contributed by atoms with Crippen molar-refractivity contribution in [1.82, 2.24) is 4.98 Å². The third kappa shape index (κ3) is 3.15. The Bertz CT molecular complexity index is 457. The van der Waals surface area contributed by atoms with Crippen molar-refractivity contribution < 1.29 is 19.4 Å². The molecule has 0 aliphatic carbocycles. The zero-order chi connectivity index (χ0) is 13.8. The van der Waals surface area contributed by atoms with E-state index in [0.29, 0.717) is 11.3 Å². The molecule has 19 heavy (non-hydrogen) atoms. The van der Waals surface area contributed by atoms with Crippen molar-refractivity contribution >= 4 is 23.3 Å². The van der Waals surface area contributed by atoms with E-state index in [1.54, 1.807) is 19.2 Å². The Balaban J connectivity index is 2.14. The average molecular weight is 287 g/mol. The number of hydrogen-bond donors (Lipinski definition) is 2. The topological polar surface area (TPSA) is 80.7 Å². The number of nitrogens with one attached hydrogen (secondary N) is 1. The Kier molecular flexibility index (Phi) is 4.57. The van der Waals surface area contributed by atoms with E-state index in [1.807, 2.05) is 0 Å². The molecule has 0 radical (unpaired) electrons. The molecule has 0 aromatic carbocycles. The molecule has 0 spiro atoms. The second kappa shape index (κ2) is 6.18. The summed E-state index contributed by atoms with van der Waals surface area (Å²) in [5.41, 5.74) is 0.104. The monoisotopic (exact) mass is 286 g/mol. The summed E-state index contributed by atoms with van der Waals surface area (Å²) >= 11 is 5.76. The number of ether oxygens (including phenoxy) is 2. The molecule has 2 rings (SSSR count). The number of esters is 1. The van der Waals surface area contributed by atoms with Gasteiger partial charge < -0.3 is 19.9 Å². The van der Waals surface area contributed by atoms with Crippen molar-refractivity contribution in [3.63, 3.8) is 0 Å². The normalized spacial score (nSPS) is 26.2. The van der Waals surface area contributed by atoms with Crippen molar-refractivity contribution in [3.8, 4) is 0 Å². The van der Waals surface area contributed by atoms with Gasteiger partial charge in [0.25, 0.3) is 0 Å². The van der Waals surface area contributed by atoms with E-state index in [2.05, 4.69) is 10.3 Å². The van der Waals surface area contributed by atoms with Crippen LogP contribution >= 0.6 is 11.6 Å². The summed E-state index contributed by atoms with van der Waals surface area (Å²) in [7, 11) is 0. The van der Waals surface area contributed by atoms with Crippen LogP contribution in [0.4, 0.5) is 5.69 Å². The minimum atomic E-state index is -0.843. The summed E-state index contributed by atoms with van der Waals surface area (Å²) in [6, 6.07) is 1.26. The van der Waals surface area contributed by atoms with Gasteiger partial charge >= 0.3 is 5.97 Å². The quantitative estimate of drug-likeness (QED) is 0.635. The lowest BCUT2D eigenvalue weighted by molar-refractivity contribution is 0.0526. The number of carbonyl (C=O) groups is 1. The number of halogens is 1. The van der Waals surface area contributed by atoms with Gasteiger partial charge in [-0.2, -0.15) is 0 Å². The SMILES string of the molecule is CCOC(=O)c1cnccc1N[C@@H]1COC(Cl)[C@H]1O. The van der Waals surface area contributed by atoms with E-state index in [1.165, 1.54) is 6.20 Å². The third-order valence-corrected chi connectivity index (χ3v) is 3.16. The van der Waals surface area contributed by atoms with Crippen LogP contribution in [-0.4, -0.2) is 47.0 Å². The molecule has 6 nitrogen and oxygen atoms in total. The Morgan fingerprint density at radius 1 is 1.74 bits per heavy atom. The fourth-order valence-corrected chi connectivity index (χ4v) is 2.04. The molecule has 2 heterocycles. The molecule has 7 heteroatoms. The summed E-state index contributed by atoms with van der Waals surface area (Å²) in [6.45, 7) is 2.28. The van der Waals surface area contributed by atoms with Crippen LogP contribution in [0.15, 0.2) is 18.5 Å². The molecule has 1 aromatic rings. The molecule has 2 N–H and O–H groups in total. The Morgan fingerprint density at radius 2 is 2.53 bits per heavy atom. The van der Waals surface area contributed by atoms with Gasteiger partial charge in [0.2, 0.25) is 0 Å². The number of aromatic nitrogens is 1. The van der Waals surface area contributed by atoms with Crippen LogP contribution in [-0.2, 0) is 9.47 Å². The van der Waals surface area contributed by atoms with Gasteiger partial charge in [-0.15, -0.1) is 0 Å². The fourth-order valence-electron chi connectivity index (χ4n) is 1.79. The number of nitrogens with zero attached hydrogens (tertiary/aromatic N) is 1. The Hall–Kier alpha value is -1.37. The number of alkyl halides is 1. The number of aliphatic hydroxyl groups is 1. The maximum absolute atomic E-state index is 11.8. The molecule has 1 aliphatic rings. The average Bonchev–Trinajstić information content (AvgIpc) is 2.72. The number of pyridine rings is 1. The number of aliphatic hydroxyl groups excluding tert-OH is 1. The highest BCUT2D eigenvalue weighted by Crippen LogP contribution is 2.23. The largest absolute Gasteiger partial charge is 0.462 e. The van der Waals surface area contributed by atoms with Crippen LogP contribution < -0.4 is 5.32 Å². The maximum atomic E-state index is 11.8. The molecule has 104 valence electrons. The summed E-state index contributed by atoms with van der Waals surface area (Å²) in [5, 5.41) is 12.8. The summed E-state index contributed by atoms with van der Waals surface area (Å²) in [6.07, 6.45) is 2.12. The van der Waals surface area contributed by atoms with Crippen LogP contribution in [0, 0.1) is 0 Å². The van der Waals surface area contributed by atoms with Crippen LogP contribution in [0.25, 0.3) is 0 Å². The minimum absolute atomic E-state index is 0.264. The summed E-state index contributed by atoms with van der Waals surface area (Å²) in [4.78, 5) is 15.7. The lowest BCUT2D eigenvalue weighted by Gasteiger charge is -2.18. The summed E-state index contributed by atoms with van der Waals surface area (Å²) < 4.78 is 10.1.